The predicted molar refractivity (Wildman–Crippen MR) is 82.1 cm³/mol. The molecule has 5 nitrogen and oxygen atoms in total. The number of rotatable bonds is 6. The fourth-order valence-electron chi connectivity index (χ4n) is 1.55. The van der Waals surface area contributed by atoms with Gasteiger partial charge < -0.3 is 11.1 Å². The number of hydrogen-bond donors (Lipinski definition) is 2. The third kappa shape index (κ3) is 3.59. The smallest absolute Gasteiger partial charge is 0.241 e. The van der Waals surface area contributed by atoms with Crippen LogP contribution in [0.25, 0.3) is 0 Å². The van der Waals surface area contributed by atoms with E-state index in [4.69, 9.17) is 5.73 Å². The summed E-state index contributed by atoms with van der Waals surface area (Å²) in [4.78, 5) is 12.2. The van der Waals surface area contributed by atoms with E-state index in [2.05, 4.69) is 21.2 Å². The number of benzene rings is 1. The summed E-state index contributed by atoms with van der Waals surface area (Å²) >= 11 is 3.25. The lowest BCUT2D eigenvalue weighted by atomic mass is 10.2. The minimum atomic E-state index is -3.76. The highest BCUT2D eigenvalue weighted by atomic mass is 79.9. The third-order valence-corrected chi connectivity index (χ3v) is 5.96. The van der Waals surface area contributed by atoms with Crippen molar-refractivity contribution < 1.29 is 13.2 Å². The van der Waals surface area contributed by atoms with Gasteiger partial charge in [-0.05, 0) is 51.1 Å². The van der Waals surface area contributed by atoms with Crippen LogP contribution in [0.2, 0.25) is 0 Å². The standard InChI is InChI=1S/C13H19BrN2O3S/c1-13(2,12(17)16-9-3-8-15)20(18,19)11-6-4-10(14)5-7-11/h4-7H,3,8-9,15H2,1-2H3,(H,16,17). The average molecular weight is 363 g/mol. The SMILES string of the molecule is CC(C)(C(=O)NCCCN)S(=O)(=O)c1ccc(Br)cc1. The van der Waals surface area contributed by atoms with E-state index in [1.807, 2.05) is 0 Å². The van der Waals surface area contributed by atoms with Crippen LogP contribution >= 0.6 is 15.9 Å². The molecule has 0 aliphatic heterocycles. The van der Waals surface area contributed by atoms with Gasteiger partial charge in [-0.1, -0.05) is 15.9 Å². The van der Waals surface area contributed by atoms with Crippen LogP contribution in [0.3, 0.4) is 0 Å². The first kappa shape index (κ1) is 17.1. The lowest BCUT2D eigenvalue weighted by Gasteiger charge is -2.24. The van der Waals surface area contributed by atoms with Gasteiger partial charge in [0.2, 0.25) is 5.91 Å². The number of nitrogens with two attached hydrogens (primary N) is 1. The number of halogens is 1. The van der Waals surface area contributed by atoms with Gasteiger partial charge in [0.05, 0.1) is 4.90 Å². The first-order valence-corrected chi connectivity index (χ1v) is 8.49. The van der Waals surface area contributed by atoms with Crippen molar-refractivity contribution >= 4 is 31.7 Å². The molecule has 1 rings (SSSR count). The van der Waals surface area contributed by atoms with E-state index in [-0.39, 0.29) is 4.90 Å². The van der Waals surface area contributed by atoms with Crippen molar-refractivity contribution in [1.82, 2.24) is 5.32 Å². The Bertz CT molecular complexity index is 568. The molecule has 1 aromatic carbocycles. The summed E-state index contributed by atoms with van der Waals surface area (Å²) in [7, 11) is -3.76. The summed E-state index contributed by atoms with van der Waals surface area (Å²) < 4.78 is 24.3. The quantitative estimate of drug-likeness (QED) is 0.749. The van der Waals surface area contributed by atoms with Gasteiger partial charge >= 0.3 is 0 Å². The Labute approximate surface area is 128 Å². The normalized spacial score (nSPS) is 12.2. The first-order valence-electron chi connectivity index (χ1n) is 6.22. The van der Waals surface area contributed by atoms with E-state index in [0.717, 1.165) is 4.47 Å². The van der Waals surface area contributed by atoms with E-state index in [0.29, 0.717) is 19.5 Å². The summed E-state index contributed by atoms with van der Waals surface area (Å²) in [5.41, 5.74) is 5.34. The van der Waals surface area contributed by atoms with Crippen molar-refractivity contribution in [3.8, 4) is 0 Å². The molecule has 1 amide bonds. The van der Waals surface area contributed by atoms with Crippen LogP contribution in [-0.2, 0) is 14.6 Å². The van der Waals surface area contributed by atoms with Crippen LogP contribution in [0.15, 0.2) is 33.6 Å². The second-order valence-corrected chi connectivity index (χ2v) is 8.28. The maximum Gasteiger partial charge on any atom is 0.241 e. The molecule has 0 aliphatic carbocycles. The van der Waals surface area contributed by atoms with Gasteiger partial charge in [0, 0.05) is 11.0 Å². The van der Waals surface area contributed by atoms with Crippen LogP contribution < -0.4 is 11.1 Å². The highest BCUT2D eigenvalue weighted by molar-refractivity contribution is 9.10. The Balaban J connectivity index is 3.00. The second kappa shape index (κ2) is 6.69. The molecule has 0 heterocycles. The number of carbonyl (C=O) groups is 1. The fourth-order valence-corrected chi connectivity index (χ4v) is 3.21. The summed E-state index contributed by atoms with van der Waals surface area (Å²) in [6.45, 7) is 3.62. The zero-order chi connectivity index (χ0) is 15.4. The maximum atomic E-state index is 12.5. The molecule has 0 unspecified atom stereocenters. The second-order valence-electron chi connectivity index (χ2n) is 4.87. The zero-order valence-corrected chi connectivity index (χ0v) is 13.9. The molecule has 7 heteroatoms. The molecule has 20 heavy (non-hydrogen) atoms. The Hall–Kier alpha value is -0.920. The highest BCUT2D eigenvalue weighted by Gasteiger charge is 2.42. The summed E-state index contributed by atoms with van der Waals surface area (Å²) in [6.07, 6.45) is 0.611. The van der Waals surface area contributed by atoms with Crippen molar-refractivity contribution in [3.05, 3.63) is 28.7 Å². The molecule has 0 fully saturated rings. The molecule has 0 radical (unpaired) electrons. The molecular weight excluding hydrogens is 344 g/mol. The first-order chi connectivity index (χ1) is 9.23. The van der Waals surface area contributed by atoms with Gasteiger partial charge in [-0.2, -0.15) is 0 Å². The summed E-state index contributed by atoms with van der Waals surface area (Å²) in [5.74, 6) is -0.520. The number of hydrogen-bond acceptors (Lipinski definition) is 4. The highest BCUT2D eigenvalue weighted by Crippen LogP contribution is 2.26. The number of amides is 1. The average Bonchev–Trinajstić information content (AvgIpc) is 2.39. The van der Waals surface area contributed by atoms with E-state index in [1.54, 1.807) is 12.1 Å². The molecule has 1 aromatic rings. The van der Waals surface area contributed by atoms with E-state index in [9.17, 15) is 13.2 Å². The maximum absolute atomic E-state index is 12.5. The molecular formula is C13H19BrN2O3S. The number of carbonyl (C=O) groups excluding carboxylic acids is 1. The number of nitrogens with one attached hydrogen (secondary N) is 1. The Morgan fingerprint density at radius 2 is 1.85 bits per heavy atom. The monoisotopic (exact) mass is 362 g/mol. The van der Waals surface area contributed by atoms with Crippen molar-refractivity contribution in [2.45, 2.75) is 29.9 Å². The zero-order valence-electron chi connectivity index (χ0n) is 11.5. The van der Waals surface area contributed by atoms with Gasteiger partial charge in [-0.3, -0.25) is 4.79 Å². The van der Waals surface area contributed by atoms with Gasteiger partial charge in [-0.15, -0.1) is 0 Å². The van der Waals surface area contributed by atoms with E-state index < -0.39 is 20.5 Å². The third-order valence-electron chi connectivity index (χ3n) is 3.01. The Morgan fingerprint density at radius 1 is 1.30 bits per heavy atom. The fraction of sp³-hybridized carbons (Fsp3) is 0.462. The van der Waals surface area contributed by atoms with Gasteiger partial charge in [0.15, 0.2) is 9.84 Å². The molecule has 0 aliphatic rings. The van der Waals surface area contributed by atoms with Crippen molar-refractivity contribution in [1.29, 1.82) is 0 Å². The molecule has 0 bridgehead atoms. The van der Waals surface area contributed by atoms with Crippen LogP contribution in [0.1, 0.15) is 20.3 Å². The number of sulfone groups is 1. The Morgan fingerprint density at radius 3 is 2.35 bits per heavy atom. The van der Waals surface area contributed by atoms with Crippen molar-refractivity contribution in [3.63, 3.8) is 0 Å². The van der Waals surface area contributed by atoms with Crippen LogP contribution in [0, 0.1) is 0 Å². The minimum Gasteiger partial charge on any atom is -0.355 e. The molecule has 0 spiro atoms. The van der Waals surface area contributed by atoms with Crippen LogP contribution in [0.4, 0.5) is 0 Å². The molecule has 0 saturated heterocycles. The van der Waals surface area contributed by atoms with E-state index in [1.165, 1.54) is 26.0 Å². The molecule has 112 valence electrons. The van der Waals surface area contributed by atoms with Gasteiger partial charge in [-0.25, -0.2) is 8.42 Å². The summed E-state index contributed by atoms with van der Waals surface area (Å²) in [5, 5.41) is 2.60. The Kier molecular flexibility index (Phi) is 5.73. The lowest BCUT2D eigenvalue weighted by molar-refractivity contribution is -0.122. The van der Waals surface area contributed by atoms with E-state index >= 15 is 0 Å². The largest absolute Gasteiger partial charge is 0.355 e. The lowest BCUT2D eigenvalue weighted by Crippen LogP contribution is -2.48. The van der Waals surface area contributed by atoms with Gasteiger partial charge in [0.25, 0.3) is 0 Å². The molecule has 0 aromatic heterocycles. The molecule has 3 N–H and O–H groups in total. The van der Waals surface area contributed by atoms with Crippen molar-refractivity contribution in [2.24, 2.45) is 5.73 Å². The molecule has 0 saturated carbocycles. The minimum absolute atomic E-state index is 0.125. The predicted octanol–water partition coefficient (Wildman–Crippen LogP) is 1.47. The van der Waals surface area contributed by atoms with Crippen molar-refractivity contribution in [2.75, 3.05) is 13.1 Å². The summed E-state index contributed by atoms with van der Waals surface area (Å²) in [6, 6.07) is 6.23. The topological polar surface area (TPSA) is 89.3 Å². The molecule has 0 atom stereocenters. The van der Waals surface area contributed by atoms with Crippen LogP contribution in [0.5, 0.6) is 0 Å². The van der Waals surface area contributed by atoms with Crippen LogP contribution in [-0.4, -0.2) is 32.2 Å². The van der Waals surface area contributed by atoms with Gasteiger partial charge in [0.1, 0.15) is 4.75 Å².